The summed E-state index contributed by atoms with van der Waals surface area (Å²) in [6.45, 7) is 6.09. The Labute approximate surface area is 108 Å². The summed E-state index contributed by atoms with van der Waals surface area (Å²) in [6, 6.07) is 4.16. The highest BCUT2D eigenvalue weighted by molar-refractivity contribution is 5.68. The summed E-state index contributed by atoms with van der Waals surface area (Å²) in [5.74, 6) is 0.0821. The summed E-state index contributed by atoms with van der Waals surface area (Å²) in [5, 5.41) is 8.99. The van der Waals surface area contributed by atoms with Crippen LogP contribution in [0.1, 0.15) is 42.4 Å². The zero-order chi connectivity index (χ0) is 13.3. The van der Waals surface area contributed by atoms with Crippen molar-refractivity contribution in [3.63, 3.8) is 0 Å². The van der Waals surface area contributed by atoms with Gasteiger partial charge in [-0.3, -0.25) is 4.79 Å². The number of hydrogen-bond donors (Lipinski definition) is 1. The van der Waals surface area contributed by atoms with Crippen LogP contribution in [0.3, 0.4) is 0 Å². The molecule has 1 aromatic carbocycles. The quantitative estimate of drug-likeness (QED) is 0.888. The normalized spacial score (nSPS) is 17.1. The molecule has 1 saturated carbocycles. The summed E-state index contributed by atoms with van der Waals surface area (Å²) in [7, 11) is 0. The lowest BCUT2D eigenvalue weighted by Crippen LogP contribution is -2.45. The van der Waals surface area contributed by atoms with Crippen LogP contribution in [0.4, 0.5) is 0 Å². The Hall–Kier alpha value is -1.51. The van der Waals surface area contributed by atoms with Crippen LogP contribution < -0.4 is 4.74 Å². The van der Waals surface area contributed by atoms with Gasteiger partial charge in [0.25, 0.3) is 0 Å². The fourth-order valence-corrected chi connectivity index (χ4v) is 2.71. The Kier molecular flexibility index (Phi) is 3.33. The minimum Gasteiger partial charge on any atom is -0.486 e. The number of carboxylic acids is 1. The number of rotatable bonds is 4. The van der Waals surface area contributed by atoms with Gasteiger partial charge >= 0.3 is 5.97 Å². The molecule has 0 atom stereocenters. The van der Waals surface area contributed by atoms with E-state index in [1.165, 1.54) is 5.56 Å². The molecule has 0 heterocycles. The highest BCUT2D eigenvalue weighted by Gasteiger charge is 2.42. The summed E-state index contributed by atoms with van der Waals surface area (Å²) in [4.78, 5) is 10.9. The van der Waals surface area contributed by atoms with Gasteiger partial charge in [0.2, 0.25) is 0 Å². The van der Waals surface area contributed by atoms with Crippen molar-refractivity contribution in [3.8, 4) is 5.75 Å². The molecule has 1 fully saturated rings. The second-order valence-corrected chi connectivity index (χ2v) is 5.44. The first-order valence-electron chi connectivity index (χ1n) is 6.40. The molecular formula is C15H20O3. The average molecular weight is 248 g/mol. The van der Waals surface area contributed by atoms with Crippen molar-refractivity contribution in [2.75, 3.05) is 0 Å². The summed E-state index contributed by atoms with van der Waals surface area (Å²) in [5.41, 5.74) is 2.91. The van der Waals surface area contributed by atoms with Gasteiger partial charge in [0.05, 0.1) is 6.42 Å². The molecule has 2 rings (SSSR count). The predicted octanol–water partition coefficient (Wildman–Crippen LogP) is 3.39. The van der Waals surface area contributed by atoms with Gasteiger partial charge in [0.1, 0.15) is 11.4 Å². The van der Waals surface area contributed by atoms with E-state index in [2.05, 4.69) is 19.1 Å². The maximum absolute atomic E-state index is 10.9. The highest BCUT2D eigenvalue weighted by Crippen LogP contribution is 2.41. The third-order valence-corrected chi connectivity index (χ3v) is 3.66. The average Bonchev–Trinajstić information content (AvgIpc) is 2.18. The second-order valence-electron chi connectivity index (χ2n) is 5.44. The Balaban J connectivity index is 2.25. The molecule has 0 unspecified atom stereocenters. The van der Waals surface area contributed by atoms with E-state index in [9.17, 15) is 4.79 Å². The SMILES string of the molecule is Cc1cc(C)c(OC2(CC(=O)O)CCC2)c(C)c1. The van der Waals surface area contributed by atoms with Gasteiger partial charge in [-0.1, -0.05) is 17.7 Å². The van der Waals surface area contributed by atoms with E-state index in [1.54, 1.807) is 0 Å². The fraction of sp³-hybridized carbons (Fsp3) is 0.533. The molecule has 1 N–H and O–H groups in total. The monoisotopic (exact) mass is 248 g/mol. The predicted molar refractivity (Wildman–Crippen MR) is 70.1 cm³/mol. The molecule has 0 amide bonds. The van der Waals surface area contributed by atoms with E-state index in [4.69, 9.17) is 9.84 Å². The third-order valence-electron chi connectivity index (χ3n) is 3.66. The van der Waals surface area contributed by atoms with E-state index in [-0.39, 0.29) is 6.42 Å². The molecule has 18 heavy (non-hydrogen) atoms. The topological polar surface area (TPSA) is 46.5 Å². The van der Waals surface area contributed by atoms with Crippen LogP contribution in [0.15, 0.2) is 12.1 Å². The molecule has 1 aliphatic rings. The van der Waals surface area contributed by atoms with Gasteiger partial charge in [-0.05, 0) is 51.2 Å². The van der Waals surface area contributed by atoms with Crippen molar-refractivity contribution < 1.29 is 14.6 Å². The molecule has 1 aromatic rings. The van der Waals surface area contributed by atoms with Gasteiger partial charge in [0.15, 0.2) is 0 Å². The van der Waals surface area contributed by atoms with E-state index in [0.717, 1.165) is 36.1 Å². The molecule has 1 aliphatic carbocycles. The van der Waals surface area contributed by atoms with Crippen LogP contribution >= 0.6 is 0 Å². The van der Waals surface area contributed by atoms with Crippen LogP contribution in [0, 0.1) is 20.8 Å². The maximum atomic E-state index is 10.9. The van der Waals surface area contributed by atoms with Crippen LogP contribution in [-0.4, -0.2) is 16.7 Å². The van der Waals surface area contributed by atoms with Gasteiger partial charge in [-0.25, -0.2) is 0 Å². The number of ether oxygens (including phenoxy) is 1. The molecule has 0 aromatic heterocycles. The molecule has 3 nitrogen and oxygen atoms in total. The lowest BCUT2D eigenvalue weighted by atomic mass is 9.77. The molecule has 0 radical (unpaired) electrons. The lowest BCUT2D eigenvalue weighted by Gasteiger charge is -2.41. The number of carboxylic acid groups (broad SMARTS) is 1. The minimum atomic E-state index is -0.780. The van der Waals surface area contributed by atoms with Crippen molar-refractivity contribution >= 4 is 5.97 Å². The van der Waals surface area contributed by atoms with Gasteiger partial charge in [0, 0.05) is 0 Å². The zero-order valence-corrected chi connectivity index (χ0v) is 11.2. The first-order valence-corrected chi connectivity index (χ1v) is 6.40. The van der Waals surface area contributed by atoms with Crippen molar-refractivity contribution in [1.82, 2.24) is 0 Å². The molecule has 3 heteroatoms. The van der Waals surface area contributed by atoms with Crippen molar-refractivity contribution in [2.45, 2.75) is 52.1 Å². The summed E-state index contributed by atoms with van der Waals surface area (Å²) in [6.07, 6.45) is 2.83. The molecule has 0 aliphatic heterocycles. The lowest BCUT2D eigenvalue weighted by molar-refractivity contribution is -0.144. The fourth-order valence-electron chi connectivity index (χ4n) is 2.71. The molecule has 98 valence electrons. The van der Waals surface area contributed by atoms with Gasteiger partial charge in [-0.15, -0.1) is 0 Å². The van der Waals surface area contributed by atoms with Crippen LogP contribution in [0.5, 0.6) is 5.75 Å². The minimum absolute atomic E-state index is 0.0970. The molecule has 0 spiro atoms. The van der Waals surface area contributed by atoms with Crippen molar-refractivity contribution in [1.29, 1.82) is 0 Å². The van der Waals surface area contributed by atoms with Crippen LogP contribution in [-0.2, 0) is 4.79 Å². The largest absolute Gasteiger partial charge is 0.486 e. The summed E-state index contributed by atoms with van der Waals surface area (Å²) < 4.78 is 6.08. The standard InChI is InChI=1S/C15H20O3/c1-10-7-11(2)14(12(3)8-10)18-15(5-4-6-15)9-13(16)17/h7-8H,4-6,9H2,1-3H3,(H,16,17). The van der Waals surface area contributed by atoms with E-state index in [1.807, 2.05) is 13.8 Å². The van der Waals surface area contributed by atoms with Crippen LogP contribution in [0.25, 0.3) is 0 Å². The van der Waals surface area contributed by atoms with E-state index in [0.29, 0.717) is 0 Å². The third kappa shape index (κ3) is 2.50. The second kappa shape index (κ2) is 4.63. The number of carbonyl (C=O) groups is 1. The number of aryl methyl sites for hydroxylation is 3. The highest BCUT2D eigenvalue weighted by atomic mass is 16.5. The number of aliphatic carboxylic acids is 1. The Morgan fingerprint density at radius 2 is 1.83 bits per heavy atom. The number of hydrogen-bond acceptors (Lipinski definition) is 2. The first kappa shape index (κ1) is 12.9. The van der Waals surface area contributed by atoms with Crippen molar-refractivity contribution in [3.05, 3.63) is 28.8 Å². The smallest absolute Gasteiger partial charge is 0.307 e. The van der Waals surface area contributed by atoms with E-state index >= 15 is 0 Å². The molecule has 0 saturated heterocycles. The number of benzene rings is 1. The molecule has 0 bridgehead atoms. The van der Waals surface area contributed by atoms with E-state index < -0.39 is 11.6 Å². The Morgan fingerprint density at radius 3 is 2.22 bits per heavy atom. The molecular weight excluding hydrogens is 228 g/mol. The van der Waals surface area contributed by atoms with Crippen molar-refractivity contribution in [2.24, 2.45) is 0 Å². The maximum Gasteiger partial charge on any atom is 0.307 e. The summed E-state index contributed by atoms with van der Waals surface area (Å²) >= 11 is 0. The van der Waals surface area contributed by atoms with Crippen LogP contribution in [0.2, 0.25) is 0 Å². The zero-order valence-electron chi connectivity index (χ0n) is 11.2. The first-order chi connectivity index (χ1) is 8.42. The van der Waals surface area contributed by atoms with Gasteiger partial charge < -0.3 is 9.84 Å². The van der Waals surface area contributed by atoms with Gasteiger partial charge in [-0.2, -0.15) is 0 Å². The Bertz CT molecular complexity index is 450. The Morgan fingerprint density at radius 1 is 1.28 bits per heavy atom.